The molecule has 3 rings (SSSR count). The van der Waals surface area contributed by atoms with Crippen molar-refractivity contribution in [2.45, 2.75) is 19.6 Å². The van der Waals surface area contributed by atoms with Crippen LogP contribution in [0.25, 0.3) is 0 Å². The molecule has 2 heterocycles. The van der Waals surface area contributed by atoms with Crippen molar-refractivity contribution in [1.82, 2.24) is 15.4 Å². The molecule has 0 spiro atoms. The molecule has 6 nitrogen and oxygen atoms in total. The Hall–Kier alpha value is -1.76. The van der Waals surface area contributed by atoms with Gasteiger partial charge in [-0.15, -0.1) is 0 Å². The van der Waals surface area contributed by atoms with Crippen LogP contribution in [-0.2, 0) is 6.61 Å². The average molecular weight is 370 g/mol. The standard InChI is InChI=1S/C16H17Cl2N3O3/c1-10-8-19-5-6-21(10)16(22)14-7-11(24-20-14)9-23-15-12(17)3-2-4-13(15)18/h2-4,7,10,19H,5-6,8-9H2,1H3/t10-/m1/s1. The molecule has 1 aliphatic rings. The van der Waals surface area contributed by atoms with Crippen LogP contribution in [0.1, 0.15) is 23.2 Å². The highest BCUT2D eigenvalue weighted by Gasteiger charge is 2.26. The predicted octanol–water partition coefficient (Wildman–Crippen LogP) is 2.99. The number of para-hydroxylation sites is 1. The predicted molar refractivity (Wildman–Crippen MR) is 90.7 cm³/mol. The van der Waals surface area contributed by atoms with Crippen molar-refractivity contribution in [2.75, 3.05) is 19.6 Å². The smallest absolute Gasteiger partial charge is 0.276 e. The van der Waals surface area contributed by atoms with E-state index in [0.717, 1.165) is 13.1 Å². The monoisotopic (exact) mass is 369 g/mol. The number of nitrogens with one attached hydrogen (secondary N) is 1. The number of nitrogens with zero attached hydrogens (tertiary/aromatic N) is 2. The number of ether oxygens (including phenoxy) is 1. The Labute approximate surface area is 149 Å². The third-order valence-corrected chi connectivity index (χ3v) is 4.41. The Morgan fingerprint density at radius 1 is 1.46 bits per heavy atom. The summed E-state index contributed by atoms with van der Waals surface area (Å²) in [6, 6.07) is 6.80. The molecule has 1 aromatic carbocycles. The van der Waals surface area contributed by atoms with E-state index in [0.29, 0.717) is 28.1 Å². The van der Waals surface area contributed by atoms with Crippen LogP contribution in [0.5, 0.6) is 5.75 Å². The Morgan fingerprint density at radius 2 is 2.21 bits per heavy atom. The molecule has 1 atom stereocenters. The lowest BCUT2D eigenvalue weighted by molar-refractivity contribution is 0.0645. The molecular weight excluding hydrogens is 353 g/mol. The zero-order valence-corrected chi connectivity index (χ0v) is 14.6. The van der Waals surface area contributed by atoms with Gasteiger partial charge in [-0.1, -0.05) is 34.4 Å². The normalized spacial score (nSPS) is 17.8. The Balaban J connectivity index is 1.66. The first kappa shape index (κ1) is 17.1. The Bertz CT molecular complexity index is 715. The summed E-state index contributed by atoms with van der Waals surface area (Å²) >= 11 is 12.1. The van der Waals surface area contributed by atoms with Gasteiger partial charge in [0.05, 0.1) is 10.0 Å². The van der Waals surface area contributed by atoms with E-state index in [-0.39, 0.29) is 24.2 Å². The van der Waals surface area contributed by atoms with E-state index in [1.807, 2.05) is 6.92 Å². The minimum absolute atomic E-state index is 0.0842. The van der Waals surface area contributed by atoms with E-state index in [9.17, 15) is 4.79 Å². The summed E-state index contributed by atoms with van der Waals surface area (Å²) in [5, 5.41) is 7.91. The summed E-state index contributed by atoms with van der Waals surface area (Å²) in [7, 11) is 0. The number of carbonyl (C=O) groups excluding carboxylic acids is 1. The van der Waals surface area contributed by atoms with Crippen LogP contribution in [0.3, 0.4) is 0 Å². The number of carbonyl (C=O) groups is 1. The first-order chi connectivity index (χ1) is 11.6. The van der Waals surface area contributed by atoms with E-state index in [1.54, 1.807) is 29.2 Å². The molecule has 1 aromatic heterocycles. The maximum atomic E-state index is 12.5. The Morgan fingerprint density at radius 3 is 2.92 bits per heavy atom. The third-order valence-electron chi connectivity index (χ3n) is 3.82. The highest BCUT2D eigenvalue weighted by molar-refractivity contribution is 6.37. The molecule has 1 amide bonds. The molecule has 1 fully saturated rings. The van der Waals surface area contributed by atoms with E-state index in [1.165, 1.54) is 0 Å². The summed E-state index contributed by atoms with van der Waals surface area (Å²) in [5.41, 5.74) is 0.271. The van der Waals surface area contributed by atoms with Crippen LogP contribution in [0.15, 0.2) is 28.8 Å². The van der Waals surface area contributed by atoms with Gasteiger partial charge in [-0.05, 0) is 19.1 Å². The molecule has 0 saturated carbocycles. The number of halogens is 2. The molecule has 0 bridgehead atoms. The van der Waals surface area contributed by atoms with Gasteiger partial charge in [0.25, 0.3) is 5.91 Å². The lowest BCUT2D eigenvalue weighted by Gasteiger charge is -2.33. The van der Waals surface area contributed by atoms with Gasteiger partial charge in [-0.3, -0.25) is 4.79 Å². The number of rotatable bonds is 4. The first-order valence-corrected chi connectivity index (χ1v) is 8.36. The van der Waals surface area contributed by atoms with E-state index >= 15 is 0 Å². The van der Waals surface area contributed by atoms with Gasteiger partial charge in [0, 0.05) is 31.7 Å². The van der Waals surface area contributed by atoms with Crippen LogP contribution in [0, 0.1) is 0 Å². The lowest BCUT2D eigenvalue weighted by atomic mass is 10.2. The van der Waals surface area contributed by atoms with Crippen molar-refractivity contribution >= 4 is 29.1 Å². The van der Waals surface area contributed by atoms with Crippen LogP contribution < -0.4 is 10.1 Å². The fraction of sp³-hybridized carbons (Fsp3) is 0.375. The van der Waals surface area contributed by atoms with Crippen LogP contribution in [-0.4, -0.2) is 41.6 Å². The maximum absolute atomic E-state index is 12.5. The van der Waals surface area contributed by atoms with Crippen molar-refractivity contribution in [1.29, 1.82) is 0 Å². The van der Waals surface area contributed by atoms with Crippen molar-refractivity contribution in [2.24, 2.45) is 0 Å². The fourth-order valence-electron chi connectivity index (χ4n) is 2.54. The van der Waals surface area contributed by atoms with Gasteiger partial charge in [0.2, 0.25) is 0 Å². The number of amides is 1. The average Bonchev–Trinajstić information content (AvgIpc) is 3.03. The molecule has 1 N–H and O–H groups in total. The Kier molecular flexibility index (Phi) is 5.28. The summed E-state index contributed by atoms with van der Waals surface area (Å²) in [6.45, 7) is 4.27. The zero-order valence-electron chi connectivity index (χ0n) is 13.1. The van der Waals surface area contributed by atoms with Gasteiger partial charge in [-0.25, -0.2) is 0 Å². The number of hydrogen-bond donors (Lipinski definition) is 1. The molecule has 1 saturated heterocycles. The van der Waals surface area contributed by atoms with Gasteiger partial charge in [0.1, 0.15) is 6.61 Å². The molecule has 128 valence electrons. The van der Waals surface area contributed by atoms with Crippen molar-refractivity contribution in [3.8, 4) is 5.75 Å². The molecule has 1 aliphatic heterocycles. The number of aromatic nitrogens is 1. The molecule has 24 heavy (non-hydrogen) atoms. The second kappa shape index (κ2) is 7.42. The molecular formula is C16H17Cl2N3O3. The van der Waals surface area contributed by atoms with Gasteiger partial charge < -0.3 is 19.5 Å². The largest absolute Gasteiger partial charge is 0.482 e. The van der Waals surface area contributed by atoms with Crippen LogP contribution >= 0.6 is 23.2 Å². The highest BCUT2D eigenvalue weighted by atomic mass is 35.5. The van der Waals surface area contributed by atoms with Crippen LogP contribution in [0.4, 0.5) is 0 Å². The number of hydrogen-bond acceptors (Lipinski definition) is 5. The van der Waals surface area contributed by atoms with E-state index in [4.69, 9.17) is 32.5 Å². The minimum Gasteiger partial charge on any atom is -0.482 e. The van der Waals surface area contributed by atoms with Crippen molar-refractivity contribution in [3.63, 3.8) is 0 Å². The molecule has 2 aromatic rings. The summed E-state index contributed by atoms with van der Waals surface area (Å²) in [5.74, 6) is 0.660. The van der Waals surface area contributed by atoms with Crippen molar-refractivity contribution in [3.05, 3.63) is 45.8 Å². The zero-order chi connectivity index (χ0) is 17.1. The quantitative estimate of drug-likeness (QED) is 0.896. The third kappa shape index (κ3) is 3.66. The summed E-state index contributed by atoms with van der Waals surface area (Å²) in [4.78, 5) is 14.3. The maximum Gasteiger partial charge on any atom is 0.276 e. The topological polar surface area (TPSA) is 67.6 Å². The summed E-state index contributed by atoms with van der Waals surface area (Å²) in [6.07, 6.45) is 0. The minimum atomic E-state index is -0.144. The second-order valence-corrected chi connectivity index (χ2v) is 6.38. The lowest BCUT2D eigenvalue weighted by Crippen LogP contribution is -2.52. The SMILES string of the molecule is C[C@@H]1CNCCN1C(=O)c1cc(COc2c(Cl)cccc2Cl)on1. The number of benzene rings is 1. The fourth-order valence-corrected chi connectivity index (χ4v) is 3.04. The second-order valence-electron chi connectivity index (χ2n) is 5.57. The van der Waals surface area contributed by atoms with Gasteiger partial charge in [0.15, 0.2) is 17.2 Å². The van der Waals surface area contributed by atoms with Gasteiger partial charge in [-0.2, -0.15) is 0 Å². The summed E-state index contributed by atoms with van der Waals surface area (Å²) < 4.78 is 10.8. The van der Waals surface area contributed by atoms with E-state index in [2.05, 4.69) is 10.5 Å². The van der Waals surface area contributed by atoms with Crippen LogP contribution in [0.2, 0.25) is 10.0 Å². The molecule has 0 unspecified atom stereocenters. The molecule has 0 aliphatic carbocycles. The molecule has 8 heteroatoms. The highest BCUT2D eigenvalue weighted by Crippen LogP contribution is 2.32. The first-order valence-electron chi connectivity index (χ1n) is 7.60. The molecule has 0 radical (unpaired) electrons. The van der Waals surface area contributed by atoms with E-state index < -0.39 is 0 Å². The van der Waals surface area contributed by atoms with Crippen molar-refractivity contribution < 1.29 is 14.1 Å². The number of piperazine rings is 1. The van der Waals surface area contributed by atoms with Gasteiger partial charge >= 0.3 is 0 Å².